The van der Waals surface area contributed by atoms with Gasteiger partial charge in [0.2, 0.25) is 5.91 Å². The maximum absolute atomic E-state index is 13.6. The summed E-state index contributed by atoms with van der Waals surface area (Å²) in [7, 11) is 0. The number of amides is 2. The van der Waals surface area contributed by atoms with Gasteiger partial charge in [0.1, 0.15) is 11.9 Å². The van der Waals surface area contributed by atoms with E-state index in [1.54, 1.807) is 53.2 Å². The van der Waals surface area contributed by atoms with Crippen LogP contribution in [-0.2, 0) is 11.3 Å². The molecule has 3 aromatic carbocycles. The minimum atomic E-state index is -0.981. The summed E-state index contributed by atoms with van der Waals surface area (Å²) in [4.78, 5) is 25.0. The molecular weight excluding hydrogens is 383 g/mol. The lowest BCUT2D eigenvalue weighted by Crippen LogP contribution is -2.37. The summed E-state index contributed by atoms with van der Waals surface area (Å²) in [6.07, 6.45) is 0. The molecule has 0 aliphatic rings. The number of para-hydroxylation sites is 1. The lowest BCUT2D eigenvalue weighted by atomic mass is 10.1. The highest BCUT2D eigenvalue weighted by molar-refractivity contribution is 6.06. The molecule has 0 radical (unpaired) electrons. The second-order valence-corrected chi connectivity index (χ2v) is 6.87. The molecule has 150 valence electrons. The van der Waals surface area contributed by atoms with Gasteiger partial charge in [-0.3, -0.25) is 14.3 Å². The lowest BCUT2D eigenvalue weighted by molar-refractivity contribution is -0.120. The van der Waals surface area contributed by atoms with Crippen molar-refractivity contribution in [1.82, 2.24) is 15.1 Å². The smallest absolute Gasteiger partial charge is 0.273 e. The Hall–Kier alpha value is -4.00. The number of fused-ring (bicyclic) bond motifs is 1. The molecule has 4 aromatic rings. The second-order valence-electron chi connectivity index (χ2n) is 6.87. The van der Waals surface area contributed by atoms with E-state index in [1.165, 1.54) is 12.1 Å². The second kappa shape index (κ2) is 8.16. The molecule has 3 N–H and O–H groups in total. The van der Waals surface area contributed by atoms with Gasteiger partial charge in [-0.25, -0.2) is 4.39 Å². The van der Waals surface area contributed by atoms with Crippen LogP contribution in [0.25, 0.3) is 10.9 Å². The first-order valence-electron chi connectivity index (χ1n) is 9.38. The number of carbonyl (C=O) groups is 2. The third kappa shape index (κ3) is 3.91. The van der Waals surface area contributed by atoms with Gasteiger partial charge >= 0.3 is 0 Å². The van der Waals surface area contributed by atoms with Crippen molar-refractivity contribution >= 4 is 22.7 Å². The summed E-state index contributed by atoms with van der Waals surface area (Å²) in [6.45, 7) is 0.295. The molecule has 0 fully saturated rings. The predicted octanol–water partition coefficient (Wildman–Crippen LogP) is 3.18. The molecular formula is C23H19FN4O2. The van der Waals surface area contributed by atoms with Crippen LogP contribution in [0.4, 0.5) is 4.39 Å². The van der Waals surface area contributed by atoms with Crippen molar-refractivity contribution in [3.63, 3.8) is 0 Å². The largest absolute Gasteiger partial charge is 0.368 e. The van der Waals surface area contributed by atoms with Gasteiger partial charge in [-0.1, -0.05) is 60.7 Å². The molecule has 0 spiro atoms. The van der Waals surface area contributed by atoms with Gasteiger partial charge in [0.15, 0.2) is 5.69 Å². The molecule has 4 rings (SSSR count). The maximum atomic E-state index is 13.6. The third-order valence-electron chi connectivity index (χ3n) is 4.79. The van der Waals surface area contributed by atoms with Crippen molar-refractivity contribution in [2.75, 3.05) is 0 Å². The van der Waals surface area contributed by atoms with Crippen LogP contribution in [0.1, 0.15) is 27.7 Å². The first-order chi connectivity index (χ1) is 14.5. The summed E-state index contributed by atoms with van der Waals surface area (Å²) in [5.74, 6) is -1.52. The number of benzene rings is 3. The Kier molecular flexibility index (Phi) is 5.26. The van der Waals surface area contributed by atoms with Crippen LogP contribution in [0.2, 0.25) is 0 Å². The van der Waals surface area contributed by atoms with Crippen molar-refractivity contribution < 1.29 is 14.0 Å². The molecule has 0 bridgehead atoms. The van der Waals surface area contributed by atoms with Crippen molar-refractivity contribution in [2.24, 2.45) is 5.73 Å². The van der Waals surface area contributed by atoms with Crippen LogP contribution in [0, 0.1) is 5.82 Å². The minimum Gasteiger partial charge on any atom is -0.368 e. The number of hydrogen-bond donors (Lipinski definition) is 2. The predicted molar refractivity (Wildman–Crippen MR) is 111 cm³/mol. The molecule has 1 unspecified atom stereocenters. The fourth-order valence-corrected chi connectivity index (χ4v) is 3.39. The van der Waals surface area contributed by atoms with Crippen molar-refractivity contribution in [2.45, 2.75) is 12.6 Å². The summed E-state index contributed by atoms with van der Waals surface area (Å²) in [5, 5.41) is 7.76. The Labute approximate surface area is 172 Å². The van der Waals surface area contributed by atoms with E-state index >= 15 is 0 Å². The molecule has 30 heavy (non-hydrogen) atoms. The van der Waals surface area contributed by atoms with E-state index < -0.39 is 17.9 Å². The zero-order valence-electron chi connectivity index (χ0n) is 16.0. The van der Waals surface area contributed by atoms with E-state index in [0.717, 1.165) is 11.1 Å². The van der Waals surface area contributed by atoms with Gasteiger partial charge in [-0.15, -0.1) is 0 Å². The topological polar surface area (TPSA) is 90.0 Å². The molecule has 1 aromatic heterocycles. The van der Waals surface area contributed by atoms with Crippen LogP contribution < -0.4 is 11.1 Å². The molecule has 0 saturated carbocycles. The fourth-order valence-electron chi connectivity index (χ4n) is 3.39. The highest BCUT2D eigenvalue weighted by Gasteiger charge is 2.24. The maximum Gasteiger partial charge on any atom is 0.273 e. The first kappa shape index (κ1) is 19.3. The summed E-state index contributed by atoms with van der Waals surface area (Å²) < 4.78 is 15.2. The van der Waals surface area contributed by atoms with E-state index in [-0.39, 0.29) is 11.5 Å². The number of aromatic nitrogens is 2. The Morgan fingerprint density at radius 1 is 1.00 bits per heavy atom. The fraction of sp³-hybridized carbons (Fsp3) is 0.0870. The third-order valence-corrected chi connectivity index (χ3v) is 4.79. The molecule has 7 heteroatoms. The number of nitrogens with two attached hydrogens (primary N) is 1. The zero-order valence-corrected chi connectivity index (χ0v) is 16.0. The van der Waals surface area contributed by atoms with E-state index in [9.17, 15) is 14.0 Å². The lowest BCUT2D eigenvalue weighted by Gasteiger charge is -2.15. The van der Waals surface area contributed by atoms with E-state index in [0.29, 0.717) is 17.5 Å². The Morgan fingerprint density at radius 2 is 1.73 bits per heavy atom. The molecule has 0 aliphatic heterocycles. The molecule has 6 nitrogen and oxygen atoms in total. The van der Waals surface area contributed by atoms with Gasteiger partial charge in [-0.05, 0) is 29.3 Å². The zero-order chi connectivity index (χ0) is 21.1. The highest BCUT2D eigenvalue weighted by Crippen LogP contribution is 2.21. The minimum absolute atomic E-state index is 0.171. The van der Waals surface area contributed by atoms with Gasteiger partial charge in [0.05, 0.1) is 12.1 Å². The quantitative estimate of drug-likeness (QED) is 0.519. The van der Waals surface area contributed by atoms with Crippen LogP contribution in [0.3, 0.4) is 0 Å². The molecule has 0 aliphatic carbocycles. The Morgan fingerprint density at radius 3 is 2.47 bits per heavy atom. The number of nitrogens with zero attached hydrogens (tertiary/aromatic N) is 2. The molecule has 0 saturated heterocycles. The van der Waals surface area contributed by atoms with Crippen molar-refractivity contribution in [3.8, 4) is 0 Å². The van der Waals surface area contributed by atoms with Crippen molar-refractivity contribution in [1.29, 1.82) is 0 Å². The molecule has 2 amide bonds. The number of primary amides is 1. The van der Waals surface area contributed by atoms with Gasteiger partial charge in [-0.2, -0.15) is 5.10 Å². The van der Waals surface area contributed by atoms with E-state index in [1.807, 2.05) is 18.2 Å². The highest BCUT2D eigenvalue weighted by atomic mass is 19.1. The number of halogens is 1. The van der Waals surface area contributed by atoms with Crippen LogP contribution in [0.15, 0.2) is 78.9 Å². The van der Waals surface area contributed by atoms with Crippen LogP contribution >= 0.6 is 0 Å². The van der Waals surface area contributed by atoms with E-state index in [2.05, 4.69) is 10.4 Å². The number of hydrogen-bond acceptors (Lipinski definition) is 3. The SMILES string of the molecule is NC(=O)C(NC(=O)c1nn(Cc2cccc(F)c2)c2ccccc12)c1ccccc1. The Bertz CT molecular complexity index is 1220. The molecule has 1 heterocycles. The van der Waals surface area contributed by atoms with Gasteiger partial charge in [0.25, 0.3) is 5.91 Å². The average molecular weight is 402 g/mol. The van der Waals surface area contributed by atoms with Crippen LogP contribution in [0.5, 0.6) is 0 Å². The number of rotatable bonds is 6. The summed E-state index contributed by atoms with van der Waals surface area (Å²) >= 11 is 0. The average Bonchev–Trinajstić information content (AvgIpc) is 3.11. The standard InChI is InChI=1S/C23H19FN4O2/c24-17-10-6-7-15(13-17)14-28-19-12-5-4-11-18(19)21(27-28)23(30)26-20(22(25)29)16-8-2-1-3-9-16/h1-13,20H,14H2,(H2,25,29)(H,26,30). The van der Waals surface area contributed by atoms with Gasteiger partial charge < -0.3 is 11.1 Å². The van der Waals surface area contributed by atoms with Gasteiger partial charge in [0, 0.05) is 5.39 Å². The number of nitrogens with one attached hydrogen (secondary N) is 1. The monoisotopic (exact) mass is 402 g/mol. The summed E-state index contributed by atoms with van der Waals surface area (Å²) in [6, 6.07) is 21.3. The molecule has 1 atom stereocenters. The normalized spacial score (nSPS) is 11.9. The summed E-state index contributed by atoms with van der Waals surface area (Å²) in [5.41, 5.74) is 7.71. The van der Waals surface area contributed by atoms with E-state index in [4.69, 9.17) is 5.73 Å². The van der Waals surface area contributed by atoms with Crippen LogP contribution in [-0.4, -0.2) is 21.6 Å². The van der Waals surface area contributed by atoms with Crippen molar-refractivity contribution in [3.05, 3.63) is 102 Å². The first-order valence-corrected chi connectivity index (χ1v) is 9.38. The number of carbonyl (C=O) groups excluding carboxylic acids is 2. The Balaban J connectivity index is 1.68.